The molecule has 1 aromatic heterocycles. The van der Waals surface area contributed by atoms with Gasteiger partial charge in [0.1, 0.15) is 0 Å². The van der Waals surface area contributed by atoms with Crippen LogP contribution in [0.15, 0.2) is 23.1 Å². The van der Waals surface area contributed by atoms with Gasteiger partial charge in [-0.25, -0.2) is 0 Å². The maximum atomic E-state index is 11.4. The topological polar surface area (TPSA) is 42.2 Å². The lowest BCUT2D eigenvalue weighted by Gasteiger charge is -2.17. The van der Waals surface area contributed by atoms with Crippen LogP contribution < -0.4 is 5.56 Å². The Kier molecular flexibility index (Phi) is 3.11. The van der Waals surface area contributed by atoms with E-state index in [1.165, 1.54) is 0 Å². The SMILES string of the molecule is Cc1ccn(CCC(C)(C)O)c(=O)c1. The zero-order chi connectivity index (χ0) is 10.8. The molecule has 0 atom stereocenters. The van der Waals surface area contributed by atoms with Gasteiger partial charge >= 0.3 is 0 Å². The smallest absolute Gasteiger partial charge is 0.250 e. The van der Waals surface area contributed by atoms with Gasteiger partial charge in [0.05, 0.1) is 5.60 Å². The third-order valence-electron chi connectivity index (χ3n) is 2.12. The van der Waals surface area contributed by atoms with Crippen LogP contribution in [0.4, 0.5) is 0 Å². The van der Waals surface area contributed by atoms with Crippen molar-refractivity contribution in [1.29, 1.82) is 0 Å². The number of aryl methyl sites for hydroxylation is 2. The van der Waals surface area contributed by atoms with Gasteiger partial charge in [0.2, 0.25) is 0 Å². The molecule has 0 radical (unpaired) electrons. The fourth-order valence-corrected chi connectivity index (χ4v) is 1.19. The standard InChI is InChI=1S/C11H17NO2/c1-9-4-6-12(10(13)8-9)7-5-11(2,3)14/h4,6,8,14H,5,7H2,1-3H3. The number of aromatic nitrogens is 1. The maximum absolute atomic E-state index is 11.4. The average Bonchev–Trinajstić information content (AvgIpc) is 2.00. The summed E-state index contributed by atoms with van der Waals surface area (Å²) >= 11 is 0. The van der Waals surface area contributed by atoms with Crippen LogP contribution in [0.2, 0.25) is 0 Å². The molecular formula is C11H17NO2. The van der Waals surface area contributed by atoms with E-state index in [9.17, 15) is 9.90 Å². The van der Waals surface area contributed by atoms with Gasteiger partial charge in [-0.05, 0) is 38.8 Å². The highest BCUT2D eigenvalue weighted by Crippen LogP contribution is 2.07. The highest BCUT2D eigenvalue weighted by molar-refractivity contribution is 5.07. The molecule has 0 saturated carbocycles. The molecule has 0 aliphatic heterocycles. The molecule has 0 unspecified atom stereocenters. The fraction of sp³-hybridized carbons (Fsp3) is 0.545. The van der Waals surface area contributed by atoms with E-state index >= 15 is 0 Å². The molecular weight excluding hydrogens is 178 g/mol. The Morgan fingerprint density at radius 3 is 2.64 bits per heavy atom. The lowest BCUT2D eigenvalue weighted by atomic mass is 10.1. The second-order valence-electron chi connectivity index (χ2n) is 4.30. The minimum absolute atomic E-state index is 0.00532. The predicted octanol–water partition coefficient (Wildman–Crippen LogP) is 1.32. The Bertz CT molecular complexity index is 360. The summed E-state index contributed by atoms with van der Waals surface area (Å²) < 4.78 is 1.62. The van der Waals surface area contributed by atoms with Gasteiger partial charge in [0.15, 0.2) is 0 Å². The first kappa shape index (κ1) is 11.0. The monoisotopic (exact) mass is 195 g/mol. The van der Waals surface area contributed by atoms with E-state index in [2.05, 4.69) is 0 Å². The molecule has 0 aromatic carbocycles. The number of hydrogen-bond donors (Lipinski definition) is 1. The molecule has 14 heavy (non-hydrogen) atoms. The first-order valence-corrected chi connectivity index (χ1v) is 4.78. The molecule has 78 valence electrons. The molecule has 0 saturated heterocycles. The minimum Gasteiger partial charge on any atom is -0.390 e. The molecule has 0 aliphatic rings. The van der Waals surface area contributed by atoms with Crippen LogP contribution in [0.3, 0.4) is 0 Å². The van der Waals surface area contributed by atoms with Crippen molar-refractivity contribution in [3.8, 4) is 0 Å². The molecule has 1 rings (SSSR count). The van der Waals surface area contributed by atoms with Gasteiger partial charge in [-0.15, -0.1) is 0 Å². The van der Waals surface area contributed by atoms with Crippen LogP contribution in [-0.4, -0.2) is 15.3 Å². The third kappa shape index (κ3) is 3.34. The second kappa shape index (κ2) is 3.96. The van der Waals surface area contributed by atoms with Crippen molar-refractivity contribution in [3.05, 3.63) is 34.2 Å². The molecule has 0 fully saturated rings. The first-order chi connectivity index (χ1) is 6.38. The van der Waals surface area contributed by atoms with E-state index in [4.69, 9.17) is 0 Å². The van der Waals surface area contributed by atoms with E-state index in [1.54, 1.807) is 30.7 Å². The van der Waals surface area contributed by atoms with Crippen molar-refractivity contribution < 1.29 is 5.11 Å². The van der Waals surface area contributed by atoms with Crippen molar-refractivity contribution in [2.45, 2.75) is 39.3 Å². The minimum atomic E-state index is -0.718. The van der Waals surface area contributed by atoms with E-state index in [1.807, 2.05) is 13.0 Å². The lowest BCUT2D eigenvalue weighted by molar-refractivity contribution is 0.0659. The summed E-state index contributed by atoms with van der Waals surface area (Å²) in [7, 11) is 0. The van der Waals surface area contributed by atoms with Crippen LogP contribution in [0.25, 0.3) is 0 Å². The summed E-state index contributed by atoms with van der Waals surface area (Å²) in [6.45, 7) is 5.93. The van der Waals surface area contributed by atoms with E-state index in [0.29, 0.717) is 13.0 Å². The Morgan fingerprint density at radius 1 is 1.50 bits per heavy atom. The molecule has 0 amide bonds. The summed E-state index contributed by atoms with van der Waals surface area (Å²) in [5.74, 6) is 0. The average molecular weight is 195 g/mol. The van der Waals surface area contributed by atoms with Crippen molar-refractivity contribution in [1.82, 2.24) is 4.57 Å². The lowest BCUT2D eigenvalue weighted by Crippen LogP contribution is -2.26. The molecule has 0 bridgehead atoms. The van der Waals surface area contributed by atoms with Gasteiger partial charge in [0.25, 0.3) is 5.56 Å². The molecule has 1 N–H and O–H groups in total. The normalized spacial score (nSPS) is 11.7. The van der Waals surface area contributed by atoms with Crippen molar-refractivity contribution in [2.24, 2.45) is 0 Å². The van der Waals surface area contributed by atoms with E-state index in [0.717, 1.165) is 5.56 Å². The van der Waals surface area contributed by atoms with Crippen LogP contribution in [0, 0.1) is 6.92 Å². The Hall–Kier alpha value is -1.09. The quantitative estimate of drug-likeness (QED) is 0.790. The molecule has 1 aromatic rings. The number of aliphatic hydroxyl groups is 1. The number of rotatable bonds is 3. The molecule has 0 spiro atoms. The summed E-state index contributed by atoms with van der Waals surface area (Å²) in [4.78, 5) is 11.4. The second-order valence-corrected chi connectivity index (χ2v) is 4.30. The fourth-order valence-electron chi connectivity index (χ4n) is 1.19. The van der Waals surface area contributed by atoms with Crippen LogP contribution in [0.1, 0.15) is 25.8 Å². The Morgan fingerprint density at radius 2 is 2.14 bits per heavy atom. The third-order valence-corrected chi connectivity index (χ3v) is 2.12. The van der Waals surface area contributed by atoms with Gasteiger partial charge in [-0.2, -0.15) is 0 Å². The maximum Gasteiger partial charge on any atom is 0.250 e. The predicted molar refractivity (Wildman–Crippen MR) is 56.4 cm³/mol. The molecule has 3 heteroatoms. The zero-order valence-corrected chi connectivity index (χ0v) is 8.95. The van der Waals surface area contributed by atoms with Crippen molar-refractivity contribution in [3.63, 3.8) is 0 Å². The van der Waals surface area contributed by atoms with Gasteiger partial charge < -0.3 is 9.67 Å². The Balaban J connectivity index is 2.74. The zero-order valence-electron chi connectivity index (χ0n) is 8.95. The number of hydrogen-bond acceptors (Lipinski definition) is 2. The summed E-state index contributed by atoms with van der Waals surface area (Å²) in [6, 6.07) is 3.50. The Labute approximate surface area is 84.0 Å². The van der Waals surface area contributed by atoms with E-state index in [-0.39, 0.29) is 5.56 Å². The largest absolute Gasteiger partial charge is 0.390 e. The van der Waals surface area contributed by atoms with Crippen molar-refractivity contribution in [2.75, 3.05) is 0 Å². The molecule has 0 aliphatic carbocycles. The van der Waals surface area contributed by atoms with Crippen LogP contribution in [0.5, 0.6) is 0 Å². The first-order valence-electron chi connectivity index (χ1n) is 4.78. The summed E-state index contributed by atoms with van der Waals surface area (Å²) in [6.07, 6.45) is 2.35. The highest BCUT2D eigenvalue weighted by atomic mass is 16.3. The molecule has 1 heterocycles. The summed E-state index contributed by atoms with van der Waals surface area (Å²) in [5, 5.41) is 9.51. The number of nitrogens with zero attached hydrogens (tertiary/aromatic N) is 1. The van der Waals surface area contributed by atoms with Crippen molar-refractivity contribution >= 4 is 0 Å². The van der Waals surface area contributed by atoms with Gasteiger partial charge in [-0.3, -0.25) is 4.79 Å². The van der Waals surface area contributed by atoms with Crippen LogP contribution in [-0.2, 0) is 6.54 Å². The van der Waals surface area contributed by atoms with Crippen LogP contribution >= 0.6 is 0 Å². The van der Waals surface area contributed by atoms with E-state index < -0.39 is 5.60 Å². The summed E-state index contributed by atoms with van der Waals surface area (Å²) in [5.41, 5.74) is 0.244. The highest BCUT2D eigenvalue weighted by Gasteiger charge is 2.12. The van der Waals surface area contributed by atoms with Gasteiger partial charge in [0, 0.05) is 18.8 Å². The number of pyridine rings is 1. The molecule has 3 nitrogen and oxygen atoms in total. The van der Waals surface area contributed by atoms with Gasteiger partial charge in [-0.1, -0.05) is 0 Å².